The Morgan fingerprint density at radius 1 is 1.11 bits per heavy atom. The normalized spacial score (nSPS) is 20.6. The minimum atomic E-state index is -1.53. The molecule has 0 spiro atoms. The van der Waals surface area contributed by atoms with E-state index in [1.54, 1.807) is 4.90 Å². The van der Waals surface area contributed by atoms with Gasteiger partial charge in [0.2, 0.25) is 11.8 Å². The molecule has 0 bridgehead atoms. The zero-order valence-corrected chi connectivity index (χ0v) is 27.2. The van der Waals surface area contributed by atoms with E-state index in [0.29, 0.717) is 31.7 Å². The summed E-state index contributed by atoms with van der Waals surface area (Å²) in [5.41, 5.74) is 0.218. The summed E-state index contributed by atoms with van der Waals surface area (Å²) in [6.07, 6.45) is 4.42. The third-order valence-corrected chi connectivity index (χ3v) is 8.19. The number of carboxylic acid groups (broad SMARTS) is 1. The van der Waals surface area contributed by atoms with E-state index in [4.69, 9.17) is 9.47 Å². The van der Waals surface area contributed by atoms with Crippen LogP contribution in [0.4, 0.5) is 13.6 Å². The van der Waals surface area contributed by atoms with Gasteiger partial charge in [-0.05, 0) is 62.6 Å². The van der Waals surface area contributed by atoms with E-state index in [0.717, 1.165) is 55.6 Å². The van der Waals surface area contributed by atoms with Crippen LogP contribution >= 0.6 is 12.4 Å². The lowest BCUT2D eigenvalue weighted by Crippen LogP contribution is -2.62. The first-order chi connectivity index (χ1) is 21.0. The van der Waals surface area contributed by atoms with Crippen LogP contribution in [0.3, 0.4) is 0 Å². The van der Waals surface area contributed by atoms with Gasteiger partial charge in [0.25, 0.3) is 0 Å². The summed E-state index contributed by atoms with van der Waals surface area (Å²) in [7, 11) is 0. The van der Waals surface area contributed by atoms with Crippen LogP contribution in [0.2, 0.25) is 0 Å². The Bertz CT molecular complexity index is 1130. The number of ether oxygens (including phenoxy) is 2. The zero-order valence-electron chi connectivity index (χ0n) is 26.4. The smallest absolute Gasteiger partial charge is 0.407 e. The lowest BCUT2D eigenvalue weighted by atomic mass is 9.90. The van der Waals surface area contributed by atoms with E-state index in [1.807, 2.05) is 13.8 Å². The van der Waals surface area contributed by atoms with Crippen molar-refractivity contribution >= 4 is 30.3 Å². The van der Waals surface area contributed by atoms with E-state index in [9.17, 15) is 33.4 Å². The second-order valence-corrected chi connectivity index (χ2v) is 11.8. The number of aliphatic hydroxyl groups is 1. The summed E-state index contributed by atoms with van der Waals surface area (Å²) < 4.78 is 39.8. The van der Waals surface area contributed by atoms with Gasteiger partial charge < -0.3 is 29.9 Å². The number of rotatable bonds is 14. The van der Waals surface area contributed by atoms with Crippen molar-refractivity contribution in [3.63, 3.8) is 0 Å². The van der Waals surface area contributed by atoms with Crippen LogP contribution in [0.15, 0.2) is 29.8 Å². The maximum absolute atomic E-state index is 14.0. The van der Waals surface area contributed by atoms with Gasteiger partial charge in [-0.1, -0.05) is 33.1 Å². The van der Waals surface area contributed by atoms with Crippen molar-refractivity contribution in [2.45, 2.75) is 96.6 Å². The Balaban J connectivity index is 0.00000705. The quantitative estimate of drug-likeness (QED) is 0.248. The van der Waals surface area contributed by atoms with Crippen LogP contribution in [0, 0.1) is 17.6 Å². The Labute approximate surface area is 270 Å². The molecule has 1 aliphatic carbocycles. The predicted molar refractivity (Wildman–Crippen MR) is 167 cm³/mol. The SMILES string of the molecule is CCCN(CCC)C(=O)/C=C(\C)C(=O)N[C@@H](Cc1cc(F)cc(F)c1)[C@H](O)[C@H]1CO[C@@H](OCC2CCCCC2)CN1C(=O)O.Cl. The van der Waals surface area contributed by atoms with Gasteiger partial charge in [-0.15, -0.1) is 12.4 Å². The number of nitrogens with zero attached hydrogens (tertiary/aromatic N) is 2. The molecule has 3 N–H and O–H groups in total. The molecular weight excluding hydrogens is 612 g/mol. The second-order valence-electron chi connectivity index (χ2n) is 11.8. The highest BCUT2D eigenvalue weighted by Crippen LogP contribution is 2.26. The Kier molecular flexibility index (Phi) is 16.2. The molecule has 1 heterocycles. The molecule has 254 valence electrons. The van der Waals surface area contributed by atoms with Gasteiger partial charge in [-0.2, -0.15) is 0 Å². The van der Waals surface area contributed by atoms with Crippen molar-refractivity contribution in [1.29, 1.82) is 0 Å². The van der Waals surface area contributed by atoms with E-state index >= 15 is 0 Å². The molecule has 0 unspecified atom stereocenters. The average molecular weight is 660 g/mol. The summed E-state index contributed by atoms with van der Waals surface area (Å²) in [5.74, 6) is -2.29. The number of nitrogens with one attached hydrogen (secondary N) is 1. The van der Waals surface area contributed by atoms with Crippen LogP contribution in [-0.2, 0) is 25.5 Å². The maximum atomic E-state index is 14.0. The first kappa shape index (κ1) is 38.4. The van der Waals surface area contributed by atoms with Gasteiger partial charge in [-0.3, -0.25) is 14.5 Å². The number of carbonyl (C=O) groups is 3. The van der Waals surface area contributed by atoms with Gasteiger partial charge in [0.1, 0.15) is 11.6 Å². The van der Waals surface area contributed by atoms with Crippen molar-refractivity contribution in [3.8, 4) is 0 Å². The maximum Gasteiger partial charge on any atom is 0.407 e. The molecule has 1 saturated carbocycles. The fourth-order valence-electron chi connectivity index (χ4n) is 5.85. The van der Waals surface area contributed by atoms with E-state index in [2.05, 4.69) is 5.32 Å². The first-order valence-corrected chi connectivity index (χ1v) is 15.7. The zero-order chi connectivity index (χ0) is 32.2. The number of amides is 3. The lowest BCUT2D eigenvalue weighted by molar-refractivity contribution is -0.205. The second kappa shape index (κ2) is 19.0. The van der Waals surface area contributed by atoms with Crippen LogP contribution < -0.4 is 5.32 Å². The van der Waals surface area contributed by atoms with Crippen molar-refractivity contribution < 1.29 is 42.9 Å². The molecule has 45 heavy (non-hydrogen) atoms. The number of hydrogen-bond donors (Lipinski definition) is 3. The molecule has 2 aliphatic rings. The van der Waals surface area contributed by atoms with Gasteiger partial charge in [-0.25, -0.2) is 13.6 Å². The van der Waals surface area contributed by atoms with E-state index < -0.39 is 48.1 Å². The molecule has 4 atom stereocenters. The number of morpholine rings is 1. The summed E-state index contributed by atoms with van der Waals surface area (Å²) in [5, 5.41) is 24.2. The van der Waals surface area contributed by atoms with Crippen LogP contribution in [0.1, 0.15) is 71.3 Å². The molecule has 13 heteroatoms. The average Bonchev–Trinajstić information content (AvgIpc) is 2.99. The predicted octanol–water partition coefficient (Wildman–Crippen LogP) is 4.67. The molecule has 1 aromatic rings. The molecule has 1 aliphatic heterocycles. The summed E-state index contributed by atoms with van der Waals surface area (Å²) >= 11 is 0. The number of halogens is 3. The molecule has 0 aromatic heterocycles. The Hall–Kier alpha value is -2.80. The monoisotopic (exact) mass is 659 g/mol. The van der Waals surface area contributed by atoms with Gasteiger partial charge >= 0.3 is 6.09 Å². The molecule has 1 saturated heterocycles. The van der Waals surface area contributed by atoms with E-state index in [-0.39, 0.29) is 49.0 Å². The van der Waals surface area contributed by atoms with Crippen molar-refractivity contribution in [2.75, 3.05) is 32.8 Å². The highest BCUT2D eigenvalue weighted by molar-refractivity contribution is 6.00. The van der Waals surface area contributed by atoms with Crippen molar-refractivity contribution in [3.05, 3.63) is 47.0 Å². The van der Waals surface area contributed by atoms with Gasteiger partial charge in [0, 0.05) is 30.8 Å². The lowest BCUT2D eigenvalue weighted by Gasteiger charge is -2.42. The summed E-state index contributed by atoms with van der Waals surface area (Å²) in [6, 6.07) is 0.575. The molecule has 10 nitrogen and oxygen atoms in total. The molecule has 2 fully saturated rings. The minimum absolute atomic E-state index is 0. The highest BCUT2D eigenvalue weighted by atomic mass is 35.5. The summed E-state index contributed by atoms with van der Waals surface area (Å²) in [4.78, 5) is 41.0. The topological polar surface area (TPSA) is 129 Å². The fourth-order valence-corrected chi connectivity index (χ4v) is 5.85. The van der Waals surface area contributed by atoms with Crippen LogP contribution in [-0.4, -0.2) is 95.2 Å². The highest BCUT2D eigenvalue weighted by Gasteiger charge is 2.41. The van der Waals surface area contributed by atoms with Gasteiger partial charge in [0.15, 0.2) is 6.29 Å². The van der Waals surface area contributed by atoms with Crippen LogP contribution in [0.5, 0.6) is 0 Å². The number of hydrogen-bond acceptors (Lipinski definition) is 6. The fraction of sp³-hybridized carbons (Fsp3) is 0.656. The van der Waals surface area contributed by atoms with Gasteiger partial charge in [0.05, 0.1) is 37.9 Å². The Morgan fingerprint density at radius 2 is 1.73 bits per heavy atom. The molecular formula is C32H48ClF2N3O7. The first-order valence-electron chi connectivity index (χ1n) is 15.7. The number of carbonyl (C=O) groups excluding carboxylic acids is 2. The molecule has 1 aromatic carbocycles. The molecule has 3 rings (SSSR count). The number of benzene rings is 1. The third kappa shape index (κ3) is 11.8. The minimum Gasteiger partial charge on any atom is -0.465 e. The largest absolute Gasteiger partial charge is 0.465 e. The van der Waals surface area contributed by atoms with Crippen molar-refractivity contribution in [1.82, 2.24) is 15.1 Å². The van der Waals surface area contributed by atoms with E-state index in [1.165, 1.54) is 19.4 Å². The number of aliphatic hydroxyl groups excluding tert-OH is 1. The molecule has 3 amide bonds. The van der Waals surface area contributed by atoms with Crippen LogP contribution in [0.25, 0.3) is 0 Å². The summed E-state index contributed by atoms with van der Waals surface area (Å²) in [6.45, 7) is 6.48. The third-order valence-electron chi connectivity index (χ3n) is 8.19. The standard InChI is InChI=1S/C32H47F2N3O7.ClH/c1-4-11-36(12-5-2)28(38)13-21(3)31(40)35-26(16-23-14-24(33)17-25(34)15-23)30(39)27-20-44-29(18-37(27)32(41)42)43-19-22-9-7-6-8-10-22;/h13-15,17,22,26-27,29-30,39H,4-12,16,18-20H2,1-3H3,(H,35,40)(H,41,42);1H/b21-13+;/t26-,27+,29+,30-;/m0./s1. The Morgan fingerprint density at radius 3 is 2.31 bits per heavy atom. The molecule has 0 radical (unpaired) electrons. The van der Waals surface area contributed by atoms with Crippen molar-refractivity contribution in [2.24, 2.45) is 5.92 Å².